The number of anilines is 1. The predicted octanol–water partition coefficient (Wildman–Crippen LogP) is 2.90. The van der Waals surface area contributed by atoms with Crippen molar-refractivity contribution in [1.82, 2.24) is 5.32 Å². The quantitative estimate of drug-likeness (QED) is 0.662. The van der Waals surface area contributed by atoms with E-state index in [2.05, 4.69) is 10.6 Å². The van der Waals surface area contributed by atoms with Gasteiger partial charge in [0.15, 0.2) is 9.84 Å². The number of hydrogen-bond donors (Lipinski definition) is 2. The van der Waals surface area contributed by atoms with Crippen molar-refractivity contribution in [3.63, 3.8) is 0 Å². The van der Waals surface area contributed by atoms with Crippen molar-refractivity contribution in [2.75, 3.05) is 24.8 Å². The van der Waals surface area contributed by atoms with Gasteiger partial charge in [0.05, 0.1) is 27.8 Å². The Morgan fingerprint density at radius 3 is 2.38 bits per heavy atom. The lowest BCUT2D eigenvalue weighted by Crippen LogP contribution is -2.25. The lowest BCUT2D eigenvalue weighted by Gasteiger charge is -2.10. The molecule has 0 aliphatic heterocycles. The molecule has 9 heteroatoms. The van der Waals surface area contributed by atoms with Crippen molar-refractivity contribution < 1.29 is 22.7 Å². The zero-order chi connectivity index (χ0) is 21.0. The van der Waals surface area contributed by atoms with E-state index in [-0.39, 0.29) is 34.2 Å². The van der Waals surface area contributed by atoms with Crippen LogP contribution in [0.25, 0.3) is 0 Å². The van der Waals surface area contributed by atoms with Gasteiger partial charge in [-0.3, -0.25) is 9.59 Å². The number of hydrogen-bond acceptors (Lipinski definition) is 5. The SMILES string of the molecule is COCCS(=O)(=O)c1ccc(C(=O)Nc2ccc(C(=O)NC3CC3)c(Cl)c2)cc1. The second-order valence-electron chi connectivity index (χ2n) is 6.73. The fraction of sp³-hybridized carbons (Fsp3) is 0.300. The summed E-state index contributed by atoms with van der Waals surface area (Å²) in [5, 5.41) is 5.78. The molecule has 29 heavy (non-hydrogen) atoms. The van der Waals surface area contributed by atoms with Gasteiger partial charge in [0.1, 0.15) is 0 Å². The summed E-state index contributed by atoms with van der Waals surface area (Å²) in [5.41, 5.74) is 1.07. The second kappa shape index (κ2) is 8.94. The van der Waals surface area contributed by atoms with Crippen LogP contribution in [0.1, 0.15) is 33.6 Å². The third kappa shape index (κ3) is 5.56. The fourth-order valence-electron chi connectivity index (χ4n) is 2.60. The first-order valence-electron chi connectivity index (χ1n) is 9.03. The topological polar surface area (TPSA) is 102 Å². The van der Waals surface area contributed by atoms with Gasteiger partial charge in [0, 0.05) is 24.4 Å². The summed E-state index contributed by atoms with van der Waals surface area (Å²) in [4.78, 5) is 24.7. The molecular weight excluding hydrogens is 416 g/mol. The second-order valence-corrected chi connectivity index (χ2v) is 9.25. The first kappa shape index (κ1) is 21.3. The largest absolute Gasteiger partial charge is 0.384 e. The van der Waals surface area contributed by atoms with Crippen LogP contribution in [0.5, 0.6) is 0 Å². The van der Waals surface area contributed by atoms with Gasteiger partial charge in [-0.15, -0.1) is 0 Å². The molecule has 0 atom stereocenters. The average Bonchev–Trinajstić information content (AvgIpc) is 3.50. The van der Waals surface area contributed by atoms with Crippen molar-refractivity contribution in [3.05, 3.63) is 58.6 Å². The van der Waals surface area contributed by atoms with Gasteiger partial charge < -0.3 is 15.4 Å². The summed E-state index contributed by atoms with van der Waals surface area (Å²) in [7, 11) is -2.03. The average molecular weight is 437 g/mol. The predicted molar refractivity (Wildman–Crippen MR) is 110 cm³/mol. The van der Waals surface area contributed by atoms with E-state index in [1.54, 1.807) is 12.1 Å². The molecule has 3 rings (SSSR count). The Morgan fingerprint density at radius 1 is 1.10 bits per heavy atom. The van der Waals surface area contributed by atoms with E-state index in [0.717, 1.165) is 12.8 Å². The van der Waals surface area contributed by atoms with Gasteiger partial charge in [-0.2, -0.15) is 0 Å². The summed E-state index contributed by atoms with van der Waals surface area (Å²) >= 11 is 6.18. The maximum absolute atomic E-state index is 12.4. The molecule has 1 fully saturated rings. The van der Waals surface area contributed by atoms with E-state index < -0.39 is 15.7 Å². The molecule has 0 spiro atoms. The molecule has 1 aliphatic rings. The van der Waals surface area contributed by atoms with E-state index in [9.17, 15) is 18.0 Å². The Kier molecular flexibility index (Phi) is 6.56. The van der Waals surface area contributed by atoms with Gasteiger partial charge in [-0.1, -0.05) is 11.6 Å². The molecule has 7 nitrogen and oxygen atoms in total. The molecule has 0 aromatic heterocycles. The number of carbonyl (C=O) groups excluding carboxylic acids is 2. The number of rotatable bonds is 8. The molecule has 0 radical (unpaired) electrons. The highest BCUT2D eigenvalue weighted by Gasteiger charge is 2.24. The number of nitrogens with one attached hydrogen (secondary N) is 2. The summed E-state index contributed by atoms with van der Waals surface area (Å²) in [6, 6.07) is 10.5. The molecule has 0 unspecified atom stereocenters. The molecule has 2 amide bonds. The Labute approximate surface area is 174 Å². The van der Waals surface area contributed by atoms with Crippen LogP contribution < -0.4 is 10.6 Å². The van der Waals surface area contributed by atoms with E-state index in [1.807, 2.05) is 0 Å². The van der Waals surface area contributed by atoms with Crippen LogP contribution in [0.4, 0.5) is 5.69 Å². The molecule has 154 valence electrons. The molecule has 0 heterocycles. The monoisotopic (exact) mass is 436 g/mol. The van der Waals surface area contributed by atoms with Gasteiger partial charge in [0.25, 0.3) is 11.8 Å². The normalized spacial score (nSPS) is 13.7. The number of amides is 2. The van der Waals surface area contributed by atoms with Crippen LogP contribution in [0, 0.1) is 0 Å². The third-order valence-corrected chi connectivity index (χ3v) is 6.42. The number of halogens is 1. The number of ether oxygens (including phenoxy) is 1. The molecule has 1 saturated carbocycles. The molecular formula is C20H21ClN2O5S. The minimum Gasteiger partial charge on any atom is -0.384 e. The molecule has 0 bridgehead atoms. The number of sulfone groups is 1. The first-order valence-corrected chi connectivity index (χ1v) is 11.1. The maximum Gasteiger partial charge on any atom is 0.255 e. The molecule has 1 aliphatic carbocycles. The number of carbonyl (C=O) groups is 2. The third-order valence-electron chi connectivity index (χ3n) is 4.42. The minimum absolute atomic E-state index is 0.0972. The lowest BCUT2D eigenvalue weighted by molar-refractivity contribution is 0.0950. The van der Waals surface area contributed by atoms with E-state index in [1.165, 1.54) is 37.4 Å². The number of methoxy groups -OCH3 is 1. The van der Waals surface area contributed by atoms with Gasteiger partial charge in [-0.25, -0.2) is 8.42 Å². The lowest BCUT2D eigenvalue weighted by atomic mass is 10.1. The first-order chi connectivity index (χ1) is 13.8. The van der Waals surface area contributed by atoms with Gasteiger partial charge >= 0.3 is 0 Å². The summed E-state index contributed by atoms with van der Waals surface area (Å²) in [5.74, 6) is -0.786. The zero-order valence-electron chi connectivity index (χ0n) is 15.8. The molecule has 2 aromatic rings. The Balaban J connectivity index is 1.66. The molecule has 2 N–H and O–H groups in total. The minimum atomic E-state index is -3.46. The van der Waals surface area contributed by atoms with Crippen LogP contribution in [0.2, 0.25) is 5.02 Å². The highest BCUT2D eigenvalue weighted by atomic mass is 35.5. The highest BCUT2D eigenvalue weighted by Crippen LogP contribution is 2.24. The van der Waals surface area contributed by atoms with Gasteiger partial charge in [0.2, 0.25) is 0 Å². The van der Waals surface area contributed by atoms with E-state index in [4.69, 9.17) is 16.3 Å². The standard InChI is InChI=1S/C20H21ClN2O5S/c1-28-10-11-29(26,27)16-7-2-13(3-8-16)19(24)23-15-6-9-17(18(21)12-15)20(25)22-14-4-5-14/h2-3,6-9,12,14H,4-5,10-11H2,1H3,(H,22,25)(H,23,24). The fourth-order valence-corrected chi connectivity index (χ4v) is 4.03. The van der Waals surface area contributed by atoms with Crippen LogP contribution >= 0.6 is 11.6 Å². The maximum atomic E-state index is 12.4. The summed E-state index contributed by atoms with van der Waals surface area (Å²) in [6.45, 7) is 0.0972. The van der Waals surface area contributed by atoms with Crippen molar-refractivity contribution in [2.24, 2.45) is 0 Å². The van der Waals surface area contributed by atoms with Crippen LogP contribution in [-0.2, 0) is 14.6 Å². The van der Waals surface area contributed by atoms with Crippen LogP contribution in [0.15, 0.2) is 47.4 Å². The Morgan fingerprint density at radius 2 is 1.79 bits per heavy atom. The van der Waals surface area contributed by atoms with Gasteiger partial charge in [-0.05, 0) is 55.3 Å². The summed E-state index contributed by atoms with van der Waals surface area (Å²) in [6.07, 6.45) is 1.95. The Bertz CT molecular complexity index is 1020. The van der Waals surface area contributed by atoms with Crippen molar-refractivity contribution in [2.45, 2.75) is 23.8 Å². The van der Waals surface area contributed by atoms with E-state index >= 15 is 0 Å². The number of benzene rings is 2. The highest BCUT2D eigenvalue weighted by molar-refractivity contribution is 7.91. The molecule has 2 aromatic carbocycles. The van der Waals surface area contributed by atoms with Crippen molar-refractivity contribution in [1.29, 1.82) is 0 Å². The Hall–Kier alpha value is -2.42. The van der Waals surface area contributed by atoms with Crippen LogP contribution in [-0.4, -0.2) is 45.7 Å². The summed E-state index contributed by atoms with van der Waals surface area (Å²) < 4.78 is 29.1. The zero-order valence-corrected chi connectivity index (χ0v) is 17.3. The van der Waals surface area contributed by atoms with Crippen LogP contribution in [0.3, 0.4) is 0 Å². The van der Waals surface area contributed by atoms with Crippen molar-refractivity contribution in [3.8, 4) is 0 Å². The van der Waals surface area contributed by atoms with Crippen molar-refractivity contribution >= 4 is 38.9 Å². The molecule has 0 saturated heterocycles. The smallest absolute Gasteiger partial charge is 0.255 e. The van der Waals surface area contributed by atoms with E-state index in [0.29, 0.717) is 16.8 Å².